The van der Waals surface area contributed by atoms with Gasteiger partial charge in [-0.15, -0.1) is 0 Å². The smallest absolute Gasteiger partial charge is 0.241 e. The fraction of sp³-hybridized carbons (Fsp3) is 0.240. The van der Waals surface area contributed by atoms with Gasteiger partial charge in [0.15, 0.2) is 0 Å². The molecule has 0 radical (unpaired) electrons. The molecule has 3 aromatic carbocycles. The number of nitrogens with one attached hydrogen (secondary N) is 1. The second-order valence-electron chi connectivity index (χ2n) is 8.51. The van der Waals surface area contributed by atoms with Crippen LogP contribution in [-0.2, 0) is 10.0 Å². The number of hydrazone groups is 1. The third-order valence-electron chi connectivity index (χ3n) is 6.06. The molecule has 0 aromatic heterocycles. The summed E-state index contributed by atoms with van der Waals surface area (Å²) in [6.45, 7) is 5.54. The van der Waals surface area contributed by atoms with Crippen LogP contribution in [0.4, 0.5) is 5.69 Å². The number of nitrogens with zero attached hydrogens (tertiary/aromatic N) is 2. The Labute approximate surface area is 225 Å². The lowest BCUT2D eigenvalue weighted by Gasteiger charge is -2.28. The molecular formula is C25H23Cl4N3O2S. The van der Waals surface area contributed by atoms with Crippen molar-refractivity contribution in [1.29, 1.82) is 0 Å². The van der Waals surface area contributed by atoms with E-state index in [1.807, 2.05) is 36.2 Å². The van der Waals surface area contributed by atoms with E-state index in [0.29, 0.717) is 42.6 Å². The van der Waals surface area contributed by atoms with E-state index < -0.39 is 10.0 Å². The average molecular weight is 571 g/mol. The normalized spacial score (nSPS) is 18.1. The van der Waals surface area contributed by atoms with Crippen molar-refractivity contribution in [3.8, 4) is 0 Å². The zero-order chi connectivity index (χ0) is 25.5. The number of benzene rings is 3. The minimum atomic E-state index is -3.79. The molecule has 0 fully saturated rings. The van der Waals surface area contributed by atoms with Crippen LogP contribution in [-0.4, -0.2) is 20.7 Å². The molecule has 0 amide bonds. The lowest BCUT2D eigenvalue weighted by Crippen LogP contribution is -2.32. The number of rotatable bonds is 6. The van der Waals surface area contributed by atoms with Gasteiger partial charge < -0.3 is 0 Å². The second kappa shape index (κ2) is 10.3. The first-order chi connectivity index (χ1) is 16.5. The van der Waals surface area contributed by atoms with Crippen LogP contribution < -0.4 is 9.73 Å². The summed E-state index contributed by atoms with van der Waals surface area (Å²) in [6.07, 6.45) is 0. The summed E-state index contributed by atoms with van der Waals surface area (Å²) in [5.74, 6) is -0.126. The highest BCUT2D eigenvalue weighted by Gasteiger charge is 2.37. The Morgan fingerprint density at radius 2 is 1.54 bits per heavy atom. The zero-order valence-corrected chi connectivity index (χ0v) is 23.0. The summed E-state index contributed by atoms with van der Waals surface area (Å²) in [5, 5.41) is 8.72. The van der Waals surface area contributed by atoms with E-state index in [4.69, 9.17) is 51.5 Å². The van der Waals surface area contributed by atoms with Crippen LogP contribution in [0.15, 0.2) is 64.6 Å². The average Bonchev–Trinajstić information content (AvgIpc) is 3.11. The van der Waals surface area contributed by atoms with E-state index >= 15 is 0 Å². The SMILES string of the molecule is Cc1cc(S(=O)(=O)NCC2=NN(c3ccc(Cl)cc3Cl)[C@@H](c3ccc(Cl)cc3)[C@H]2C)c(C)cc1Cl. The lowest BCUT2D eigenvalue weighted by atomic mass is 9.91. The molecular weight excluding hydrogens is 548 g/mol. The Kier molecular flexibility index (Phi) is 7.72. The van der Waals surface area contributed by atoms with Crippen LogP contribution in [0.5, 0.6) is 0 Å². The zero-order valence-electron chi connectivity index (χ0n) is 19.2. The third-order valence-corrected chi connectivity index (χ3v) is 8.80. The van der Waals surface area contributed by atoms with E-state index in [1.54, 1.807) is 44.2 Å². The molecule has 5 nitrogen and oxygen atoms in total. The molecule has 10 heteroatoms. The maximum absolute atomic E-state index is 13.1. The number of halogens is 4. The van der Waals surface area contributed by atoms with Crippen LogP contribution in [0.2, 0.25) is 20.1 Å². The summed E-state index contributed by atoms with van der Waals surface area (Å²) in [4.78, 5) is 0.192. The highest BCUT2D eigenvalue weighted by atomic mass is 35.5. The molecule has 3 aromatic rings. The molecule has 0 saturated carbocycles. The van der Waals surface area contributed by atoms with Gasteiger partial charge in [-0.25, -0.2) is 13.1 Å². The lowest BCUT2D eigenvalue weighted by molar-refractivity contribution is 0.578. The van der Waals surface area contributed by atoms with E-state index in [-0.39, 0.29) is 23.4 Å². The van der Waals surface area contributed by atoms with Crippen molar-refractivity contribution >= 4 is 67.8 Å². The van der Waals surface area contributed by atoms with E-state index in [9.17, 15) is 8.42 Å². The monoisotopic (exact) mass is 569 g/mol. The fourth-order valence-corrected chi connectivity index (χ4v) is 6.28. The topological polar surface area (TPSA) is 61.8 Å². The second-order valence-corrected chi connectivity index (χ2v) is 11.9. The van der Waals surface area contributed by atoms with E-state index in [1.165, 1.54) is 0 Å². The summed E-state index contributed by atoms with van der Waals surface area (Å²) < 4.78 is 29.0. The predicted octanol–water partition coefficient (Wildman–Crippen LogP) is 7.45. The van der Waals surface area contributed by atoms with Gasteiger partial charge in [-0.2, -0.15) is 5.10 Å². The largest absolute Gasteiger partial charge is 0.256 e. The Hall–Kier alpha value is -1.80. The summed E-state index contributed by atoms with van der Waals surface area (Å²) >= 11 is 24.9. The van der Waals surface area contributed by atoms with Gasteiger partial charge in [-0.05, 0) is 73.0 Å². The molecule has 4 rings (SSSR count). The summed E-state index contributed by atoms with van der Waals surface area (Å²) in [6, 6.07) is 15.7. The van der Waals surface area contributed by atoms with Crippen molar-refractivity contribution in [3.63, 3.8) is 0 Å². The molecule has 1 N–H and O–H groups in total. The van der Waals surface area contributed by atoms with Crippen LogP contribution in [0.25, 0.3) is 0 Å². The molecule has 184 valence electrons. The Balaban J connectivity index is 1.68. The van der Waals surface area contributed by atoms with Crippen molar-refractivity contribution in [2.45, 2.75) is 31.7 Å². The maximum Gasteiger partial charge on any atom is 0.241 e. The van der Waals surface area contributed by atoms with Crippen LogP contribution in [0, 0.1) is 19.8 Å². The number of anilines is 1. The highest BCUT2D eigenvalue weighted by Crippen LogP contribution is 2.42. The van der Waals surface area contributed by atoms with Crippen molar-refractivity contribution in [2.75, 3.05) is 11.6 Å². The molecule has 0 bridgehead atoms. The van der Waals surface area contributed by atoms with Gasteiger partial charge in [0, 0.05) is 21.0 Å². The molecule has 1 aliphatic rings. The number of sulfonamides is 1. The van der Waals surface area contributed by atoms with Crippen LogP contribution in [0.1, 0.15) is 29.7 Å². The van der Waals surface area contributed by atoms with Gasteiger partial charge >= 0.3 is 0 Å². The quantitative estimate of drug-likeness (QED) is 0.335. The van der Waals surface area contributed by atoms with Gasteiger partial charge in [0.05, 0.1) is 33.9 Å². The molecule has 0 saturated heterocycles. The van der Waals surface area contributed by atoms with Gasteiger partial charge in [-0.3, -0.25) is 5.01 Å². The molecule has 0 unspecified atom stereocenters. The summed E-state index contributed by atoms with van der Waals surface area (Å²) in [5.41, 5.74) is 3.57. The molecule has 2 atom stereocenters. The molecule has 0 spiro atoms. The predicted molar refractivity (Wildman–Crippen MR) is 146 cm³/mol. The standard InChI is InChI=1S/C25H23Cl4N3O2S/c1-14-11-24(15(2)10-20(14)28)35(33,34)30-13-22-16(3)25(17-4-6-18(26)7-5-17)32(31-22)23-9-8-19(27)12-21(23)29/h4-12,16,25,30H,13H2,1-3H3/t16-,25+/m0/s1. The third kappa shape index (κ3) is 5.48. The van der Waals surface area contributed by atoms with Crippen molar-refractivity contribution in [1.82, 2.24) is 4.72 Å². The van der Waals surface area contributed by atoms with Crippen LogP contribution >= 0.6 is 46.4 Å². The molecule has 1 heterocycles. The first-order valence-corrected chi connectivity index (χ1v) is 13.8. The van der Waals surface area contributed by atoms with E-state index in [2.05, 4.69) is 4.72 Å². The van der Waals surface area contributed by atoms with Gasteiger partial charge in [0.25, 0.3) is 0 Å². The Morgan fingerprint density at radius 3 is 2.20 bits per heavy atom. The first kappa shape index (κ1) is 26.3. The molecule has 1 aliphatic heterocycles. The number of hydrogen-bond donors (Lipinski definition) is 1. The minimum absolute atomic E-state index is 0.0381. The van der Waals surface area contributed by atoms with Gasteiger partial charge in [0.1, 0.15) is 0 Å². The first-order valence-electron chi connectivity index (χ1n) is 10.8. The number of aryl methyl sites for hydroxylation is 2. The van der Waals surface area contributed by atoms with Gasteiger partial charge in [0.2, 0.25) is 10.0 Å². The van der Waals surface area contributed by atoms with Gasteiger partial charge in [-0.1, -0.05) is 65.5 Å². The van der Waals surface area contributed by atoms with E-state index in [0.717, 1.165) is 5.56 Å². The fourth-order valence-electron chi connectivity index (χ4n) is 4.13. The van der Waals surface area contributed by atoms with Crippen molar-refractivity contribution < 1.29 is 8.42 Å². The Bertz CT molecular complexity index is 1410. The maximum atomic E-state index is 13.1. The molecule has 0 aliphatic carbocycles. The van der Waals surface area contributed by atoms with Crippen LogP contribution in [0.3, 0.4) is 0 Å². The Morgan fingerprint density at radius 1 is 0.886 bits per heavy atom. The van der Waals surface area contributed by atoms with Crippen molar-refractivity contribution in [2.24, 2.45) is 11.0 Å². The number of hydrogen-bond acceptors (Lipinski definition) is 4. The highest BCUT2D eigenvalue weighted by molar-refractivity contribution is 7.89. The molecule has 35 heavy (non-hydrogen) atoms. The summed E-state index contributed by atoms with van der Waals surface area (Å²) in [7, 11) is -3.79. The van der Waals surface area contributed by atoms with Crippen molar-refractivity contribution in [3.05, 3.63) is 91.4 Å². The minimum Gasteiger partial charge on any atom is -0.256 e.